The molecule has 2 rings (SSSR count). The van der Waals surface area contributed by atoms with Crippen LogP contribution in [0, 0.1) is 11.6 Å². The van der Waals surface area contributed by atoms with Crippen LogP contribution < -0.4 is 0 Å². The second kappa shape index (κ2) is 6.02. The van der Waals surface area contributed by atoms with Crippen LogP contribution in [0.2, 0.25) is 0 Å². The average Bonchev–Trinajstić information content (AvgIpc) is 2.47. The van der Waals surface area contributed by atoms with Crippen LogP contribution in [0.1, 0.15) is 26.3 Å². The summed E-state index contributed by atoms with van der Waals surface area (Å²) < 4.78 is 25.8. The minimum atomic E-state index is -1.07. The minimum absolute atomic E-state index is 0.0451. The quantitative estimate of drug-likeness (QED) is 0.483. The number of rotatable bonds is 4. The maximum absolute atomic E-state index is 13.0. The number of aldehydes is 1. The number of halogens is 2. The Morgan fingerprint density at radius 1 is 0.950 bits per heavy atom. The number of benzene rings is 2. The number of carbonyl (C=O) groups is 2. The molecule has 0 saturated heterocycles. The van der Waals surface area contributed by atoms with Crippen LogP contribution in [0.4, 0.5) is 8.78 Å². The lowest BCUT2D eigenvalue weighted by Crippen LogP contribution is -1.97. The largest absolute Gasteiger partial charge is 0.298 e. The van der Waals surface area contributed by atoms with Crippen molar-refractivity contribution in [3.8, 4) is 0 Å². The van der Waals surface area contributed by atoms with Crippen molar-refractivity contribution in [1.82, 2.24) is 0 Å². The van der Waals surface area contributed by atoms with Gasteiger partial charge in [-0.1, -0.05) is 30.3 Å². The molecule has 0 bridgehead atoms. The van der Waals surface area contributed by atoms with Crippen molar-refractivity contribution < 1.29 is 18.4 Å². The molecule has 0 amide bonds. The highest BCUT2D eigenvalue weighted by molar-refractivity contribution is 6.07. The van der Waals surface area contributed by atoms with Crippen LogP contribution in [-0.2, 0) is 0 Å². The summed E-state index contributed by atoms with van der Waals surface area (Å²) in [6.45, 7) is 0. The Hall–Kier alpha value is -2.62. The third kappa shape index (κ3) is 3.03. The Balaban J connectivity index is 2.24. The molecule has 0 fully saturated rings. The lowest BCUT2D eigenvalue weighted by atomic mass is 10.1. The highest BCUT2D eigenvalue weighted by Crippen LogP contribution is 2.12. The van der Waals surface area contributed by atoms with E-state index < -0.39 is 17.4 Å². The van der Waals surface area contributed by atoms with Gasteiger partial charge in [0.05, 0.1) is 0 Å². The van der Waals surface area contributed by atoms with Crippen molar-refractivity contribution in [3.05, 3.63) is 76.9 Å². The summed E-state index contributed by atoms with van der Waals surface area (Å²) in [4.78, 5) is 22.6. The van der Waals surface area contributed by atoms with E-state index in [1.807, 2.05) is 0 Å². The molecule has 0 aromatic heterocycles. The van der Waals surface area contributed by atoms with Gasteiger partial charge in [0.2, 0.25) is 0 Å². The zero-order chi connectivity index (χ0) is 14.5. The van der Waals surface area contributed by atoms with E-state index in [9.17, 15) is 18.4 Å². The number of carbonyl (C=O) groups excluding carboxylic acids is 2. The van der Waals surface area contributed by atoms with Crippen molar-refractivity contribution >= 4 is 18.1 Å². The molecule has 0 unspecified atom stereocenters. The van der Waals surface area contributed by atoms with Crippen molar-refractivity contribution in [1.29, 1.82) is 0 Å². The van der Waals surface area contributed by atoms with Crippen molar-refractivity contribution in [2.45, 2.75) is 0 Å². The minimum Gasteiger partial charge on any atom is -0.298 e. The molecule has 100 valence electrons. The van der Waals surface area contributed by atoms with E-state index in [2.05, 4.69) is 0 Å². The molecule has 2 aromatic carbocycles. The van der Waals surface area contributed by atoms with Gasteiger partial charge in [-0.05, 0) is 29.8 Å². The van der Waals surface area contributed by atoms with Gasteiger partial charge in [-0.2, -0.15) is 0 Å². The average molecular weight is 272 g/mol. The standard InChI is InChI=1S/C16H10F2O2/c17-14-7-5-12(9-15(14)18)16(20)8-6-11-3-1-2-4-13(11)10-19/h1-10H/b8-6+. The molecule has 0 radical (unpaired) electrons. The summed E-state index contributed by atoms with van der Waals surface area (Å²) >= 11 is 0. The number of ketones is 1. The van der Waals surface area contributed by atoms with E-state index in [1.165, 1.54) is 18.2 Å². The first-order valence-electron chi connectivity index (χ1n) is 5.83. The van der Waals surface area contributed by atoms with E-state index in [1.54, 1.807) is 24.3 Å². The van der Waals surface area contributed by atoms with Crippen LogP contribution in [0.15, 0.2) is 48.5 Å². The van der Waals surface area contributed by atoms with Gasteiger partial charge in [0.15, 0.2) is 23.7 Å². The van der Waals surface area contributed by atoms with Gasteiger partial charge in [-0.3, -0.25) is 9.59 Å². The highest BCUT2D eigenvalue weighted by atomic mass is 19.2. The predicted octanol–water partition coefficient (Wildman–Crippen LogP) is 3.67. The molecular formula is C16H10F2O2. The van der Waals surface area contributed by atoms with E-state index in [4.69, 9.17) is 0 Å². The van der Waals surface area contributed by atoms with Gasteiger partial charge in [0, 0.05) is 11.1 Å². The fourth-order valence-corrected chi connectivity index (χ4v) is 1.68. The summed E-state index contributed by atoms with van der Waals surface area (Å²) in [6, 6.07) is 9.68. The maximum atomic E-state index is 13.0. The Morgan fingerprint density at radius 3 is 2.30 bits per heavy atom. The van der Waals surface area contributed by atoms with Crippen molar-refractivity contribution in [3.63, 3.8) is 0 Å². The zero-order valence-electron chi connectivity index (χ0n) is 10.3. The maximum Gasteiger partial charge on any atom is 0.185 e. The summed E-state index contributed by atoms with van der Waals surface area (Å²) in [7, 11) is 0. The molecule has 0 aliphatic carbocycles. The van der Waals surface area contributed by atoms with Crippen LogP contribution >= 0.6 is 0 Å². The normalized spacial score (nSPS) is 10.7. The van der Waals surface area contributed by atoms with Gasteiger partial charge in [0.1, 0.15) is 0 Å². The summed E-state index contributed by atoms with van der Waals surface area (Å²) in [5.41, 5.74) is 1.07. The first-order chi connectivity index (χ1) is 9.61. The molecule has 0 aliphatic heterocycles. The molecular weight excluding hydrogens is 262 g/mol. The number of hydrogen-bond acceptors (Lipinski definition) is 2. The second-order valence-electron chi connectivity index (χ2n) is 4.07. The Kier molecular flexibility index (Phi) is 4.15. The third-order valence-corrected chi connectivity index (χ3v) is 2.74. The summed E-state index contributed by atoms with van der Waals surface area (Å²) in [5.74, 6) is -2.54. The fourth-order valence-electron chi connectivity index (χ4n) is 1.68. The molecule has 0 N–H and O–H groups in total. The van der Waals surface area contributed by atoms with Crippen LogP contribution in [0.3, 0.4) is 0 Å². The molecule has 0 spiro atoms. The van der Waals surface area contributed by atoms with E-state index in [0.717, 1.165) is 12.1 Å². The lowest BCUT2D eigenvalue weighted by molar-refractivity contribution is 0.104. The van der Waals surface area contributed by atoms with Gasteiger partial charge >= 0.3 is 0 Å². The molecule has 4 heteroatoms. The Bertz CT molecular complexity index is 691. The van der Waals surface area contributed by atoms with Gasteiger partial charge in [-0.15, -0.1) is 0 Å². The van der Waals surface area contributed by atoms with Crippen LogP contribution in [-0.4, -0.2) is 12.1 Å². The van der Waals surface area contributed by atoms with Crippen molar-refractivity contribution in [2.24, 2.45) is 0 Å². The van der Waals surface area contributed by atoms with Crippen LogP contribution in [0.5, 0.6) is 0 Å². The Morgan fingerprint density at radius 2 is 1.65 bits per heavy atom. The van der Waals surface area contributed by atoms with E-state index >= 15 is 0 Å². The number of allylic oxidation sites excluding steroid dienone is 1. The lowest BCUT2D eigenvalue weighted by Gasteiger charge is -1.99. The third-order valence-electron chi connectivity index (χ3n) is 2.74. The zero-order valence-corrected chi connectivity index (χ0v) is 10.3. The predicted molar refractivity (Wildman–Crippen MR) is 71.6 cm³/mol. The van der Waals surface area contributed by atoms with Crippen molar-refractivity contribution in [2.75, 3.05) is 0 Å². The monoisotopic (exact) mass is 272 g/mol. The molecule has 2 aromatic rings. The van der Waals surface area contributed by atoms with E-state index in [0.29, 0.717) is 17.4 Å². The van der Waals surface area contributed by atoms with Gasteiger partial charge < -0.3 is 0 Å². The molecule has 0 atom stereocenters. The summed E-state index contributed by atoms with van der Waals surface area (Å²) in [6.07, 6.45) is 3.37. The first kappa shape index (κ1) is 13.8. The van der Waals surface area contributed by atoms with Gasteiger partial charge in [0.25, 0.3) is 0 Å². The SMILES string of the molecule is O=Cc1ccccc1/C=C/C(=O)c1ccc(F)c(F)c1. The molecule has 2 nitrogen and oxygen atoms in total. The van der Waals surface area contributed by atoms with E-state index in [-0.39, 0.29) is 5.56 Å². The fraction of sp³-hybridized carbons (Fsp3) is 0. The smallest absolute Gasteiger partial charge is 0.185 e. The molecule has 0 saturated carbocycles. The first-order valence-corrected chi connectivity index (χ1v) is 5.83. The molecule has 0 aliphatic rings. The number of hydrogen-bond donors (Lipinski definition) is 0. The highest BCUT2D eigenvalue weighted by Gasteiger charge is 2.07. The molecule has 0 heterocycles. The van der Waals surface area contributed by atoms with Crippen LogP contribution in [0.25, 0.3) is 6.08 Å². The summed E-state index contributed by atoms with van der Waals surface area (Å²) in [5, 5.41) is 0. The topological polar surface area (TPSA) is 34.1 Å². The van der Waals surface area contributed by atoms with Gasteiger partial charge in [-0.25, -0.2) is 8.78 Å². The second-order valence-corrected chi connectivity index (χ2v) is 4.07. The molecule has 20 heavy (non-hydrogen) atoms. The Labute approximate surface area is 114 Å².